The van der Waals surface area contributed by atoms with Crippen LogP contribution in [0.3, 0.4) is 0 Å². The number of thiazole rings is 1. The number of aromatic carboxylic acids is 1. The number of nitrogens with zero attached hydrogens (tertiary/aromatic N) is 1. The number of carboxylic acid groups (broad SMARTS) is 1. The summed E-state index contributed by atoms with van der Waals surface area (Å²) in [7, 11) is 0. The number of ether oxygens (including phenoxy) is 1. The lowest BCUT2D eigenvalue weighted by Gasteiger charge is -2.12. The fourth-order valence-electron chi connectivity index (χ4n) is 2.84. The molecule has 1 aliphatic rings. The molecular weight excluding hydrogens is 312 g/mol. The zero-order valence-electron chi connectivity index (χ0n) is 13.1. The summed E-state index contributed by atoms with van der Waals surface area (Å²) in [5.41, 5.74) is 1.39. The van der Waals surface area contributed by atoms with E-state index in [0.29, 0.717) is 10.7 Å². The van der Waals surface area contributed by atoms with Gasteiger partial charge in [0.1, 0.15) is 23.9 Å². The molecule has 0 atom stereocenters. The van der Waals surface area contributed by atoms with Crippen LogP contribution in [0.15, 0.2) is 24.3 Å². The number of carboxylic acids is 1. The van der Waals surface area contributed by atoms with E-state index in [1.54, 1.807) is 11.8 Å². The quantitative estimate of drug-likeness (QED) is 0.838. The Morgan fingerprint density at radius 1 is 1.30 bits per heavy atom. The van der Waals surface area contributed by atoms with E-state index in [1.807, 2.05) is 24.3 Å². The van der Waals surface area contributed by atoms with E-state index in [1.165, 1.54) is 25.9 Å². The molecule has 0 radical (unpaired) electrons. The van der Waals surface area contributed by atoms with E-state index in [9.17, 15) is 9.90 Å². The highest BCUT2D eigenvalue weighted by molar-refractivity contribution is 7.17. The van der Waals surface area contributed by atoms with Crippen LogP contribution in [-0.4, -0.2) is 37.2 Å². The third-order valence-corrected chi connectivity index (χ3v) is 5.30. The van der Waals surface area contributed by atoms with Crippen molar-refractivity contribution in [1.82, 2.24) is 4.98 Å². The van der Waals surface area contributed by atoms with Gasteiger partial charge in [-0.2, -0.15) is 0 Å². The normalized spacial score (nSPS) is 15.0. The largest absolute Gasteiger partial charge is 0.544 e. The number of aromatic nitrogens is 1. The van der Waals surface area contributed by atoms with Gasteiger partial charge in [-0.25, -0.2) is 4.98 Å². The number of carbonyl (C=O) groups excluding carboxylic acids is 1. The molecular formula is C17H20N2O3S. The maximum absolute atomic E-state index is 11.0. The van der Waals surface area contributed by atoms with Gasteiger partial charge in [0.2, 0.25) is 0 Å². The van der Waals surface area contributed by atoms with Crippen molar-refractivity contribution in [3.8, 4) is 16.3 Å². The van der Waals surface area contributed by atoms with Crippen molar-refractivity contribution in [2.75, 3.05) is 26.2 Å². The lowest BCUT2D eigenvalue weighted by molar-refractivity contribution is -0.887. The van der Waals surface area contributed by atoms with Gasteiger partial charge >= 0.3 is 0 Å². The third kappa shape index (κ3) is 3.89. The second kappa shape index (κ2) is 7.10. The third-order valence-electron chi connectivity index (χ3n) is 4.12. The lowest BCUT2D eigenvalue weighted by Crippen LogP contribution is -3.10. The predicted octanol–water partition coefficient (Wildman–Crippen LogP) is 0.540. The summed E-state index contributed by atoms with van der Waals surface area (Å²) in [6, 6.07) is 7.64. The van der Waals surface area contributed by atoms with Gasteiger partial charge in [0.05, 0.1) is 29.6 Å². The molecule has 0 saturated carbocycles. The number of quaternary nitrogens is 1. The molecule has 3 rings (SSSR count). The minimum atomic E-state index is -1.17. The first kappa shape index (κ1) is 16.0. The average Bonchev–Trinajstić information content (AvgIpc) is 3.17. The van der Waals surface area contributed by atoms with E-state index < -0.39 is 5.97 Å². The Labute approximate surface area is 139 Å². The molecule has 6 heteroatoms. The summed E-state index contributed by atoms with van der Waals surface area (Å²) in [5.74, 6) is -0.337. The fourth-order valence-corrected chi connectivity index (χ4v) is 3.75. The molecule has 0 aliphatic carbocycles. The molecule has 2 heterocycles. The van der Waals surface area contributed by atoms with Gasteiger partial charge in [-0.15, -0.1) is 11.3 Å². The number of carbonyl (C=O) groups is 1. The molecule has 1 fully saturated rings. The Morgan fingerprint density at radius 2 is 2.00 bits per heavy atom. The number of hydrogen-bond donors (Lipinski definition) is 1. The average molecular weight is 332 g/mol. The number of benzene rings is 1. The smallest absolute Gasteiger partial charge is 0.137 e. The first-order chi connectivity index (χ1) is 11.1. The summed E-state index contributed by atoms with van der Waals surface area (Å²) >= 11 is 1.14. The molecule has 0 amide bonds. The van der Waals surface area contributed by atoms with Crippen molar-refractivity contribution in [3.05, 3.63) is 34.8 Å². The van der Waals surface area contributed by atoms with Crippen molar-refractivity contribution in [2.24, 2.45) is 0 Å². The molecule has 1 saturated heterocycles. The monoisotopic (exact) mass is 332 g/mol. The van der Waals surface area contributed by atoms with Crippen LogP contribution in [0.4, 0.5) is 0 Å². The van der Waals surface area contributed by atoms with E-state index in [4.69, 9.17) is 4.74 Å². The summed E-state index contributed by atoms with van der Waals surface area (Å²) in [6.45, 7) is 5.96. The molecule has 0 bridgehead atoms. The van der Waals surface area contributed by atoms with Gasteiger partial charge in [0, 0.05) is 18.4 Å². The lowest BCUT2D eigenvalue weighted by atomic mass is 10.2. The number of hydrogen-bond acceptors (Lipinski definition) is 5. The van der Waals surface area contributed by atoms with Crippen LogP contribution < -0.4 is 14.7 Å². The summed E-state index contributed by atoms with van der Waals surface area (Å²) < 4.78 is 5.78. The molecule has 23 heavy (non-hydrogen) atoms. The van der Waals surface area contributed by atoms with Gasteiger partial charge in [-0.05, 0) is 31.2 Å². The summed E-state index contributed by atoms with van der Waals surface area (Å²) in [6.07, 6.45) is 2.65. The van der Waals surface area contributed by atoms with Gasteiger partial charge < -0.3 is 19.5 Å². The molecule has 1 aromatic heterocycles. The van der Waals surface area contributed by atoms with Crippen LogP contribution in [0.1, 0.15) is 28.2 Å². The molecule has 0 unspecified atom stereocenters. The SMILES string of the molecule is Cc1nc(-c2ccc(OCC[NH+]3CCCC3)cc2)sc1C(=O)[O-]. The standard InChI is InChI=1S/C17H20N2O3S/c1-12-15(17(20)21)23-16(18-12)13-4-6-14(7-5-13)22-11-10-19-8-2-3-9-19/h4-7H,2-3,8-11H2,1H3,(H,20,21). The highest BCUT2D eigenvalue weighted by Crippen LogP contribution is 2.28. The summed E-state index contributed by atoms with van der Waals surface area (Å²) in [4.78, 5) is 17.1. The van der Waals surface area contributed by atoms with Crippen molar-refractivity contribution < 1.29 is 19.5 Å². The first-order valence-electron chi connectivity index (χ1n) is 7.89. The maximum atomic E-state index is 11.0. The molecule has 1 aliphatic heterocycles. The second-order valence-corrected chi connectivity index (χ2v) is 6.80. The number of aryl methyl sites for hydroxylation is 1. The molecule has 122 valence electrons. The van der Waals surface area contributed by atoms with Crippen molar-refractivity contribution >= 4 is 17.3 Å². The first-order valence-corrected chi connectivity index (χ1v) is 8.71. The number of likely N-dealkylation sites (tertiary alicyclic amines) is 1. The molecule has 1 aromatic carbocycles. The van der Waals surface area contributed by atoms with Crippen molar-refractivity contribution in [2.45, 2.75) is 19.8 Å². The number of rotatable bonds is 6. The topological polar surface area (TPSA) is 66.7 Å². The Morgan fingerprint density at radius 3 is 2.61 bits per heavy atom. The van der Waals surface area contributed by atoms with E-state index in [0.717, 1.165) is 35.8 Å². The minimum absolute atomic E-state index is 0.189. The van der Waals surface area contributed by atoms with E-state index >= 15 is 0 Å². The van der Waals surface area contributed by atoms with Gasteiger partial charge in [0.15, 0.2) is 0 Å². The maximum Gasteiger partial charge on any atom is 0.137 e. The van der Waals surface area contributed by atoms with E-state index in [2.05, 4.69) is 4.98 Å². The van der Waals surface area contributed by atoms with Gasteiger partial charge in [-0.3, -0.25) is 0 Å². The Balaban J connectivity index is 1.60. The molecule has 2 aromatic rings. The summed E-state index contributed by atoms with van der Waals surface area (Å²) in [5, 5.41) is 11.7. The van der Waals surface area contributed by atoms with Crippen molar-refractivity contribution in [1.29, 1.82) is 0 Å². The molecule has 0 spiro atoms. The Kier molecular flexibility index (Phi) is 4.93. The molecule has 1 N–H and O–H groups in total. The zero-order valence-corrected chi connectivity index (χ0v) is 13.9. The van der Waals surface area contributed by atoms with Crippen LogP contribution in [0.5, 0.6) is 5.75 Å². The van der Waals surface area contributed by atoms with Crippen LogP contribution in [0, 0.1) is 6.92 Å². The second-order valence-electron chi connectivity index (χ2n) is 5.80. The van der Waals surface area contributed by atoms with Crippen LogP contribution in [0.2, 0.25) is 0 Å². The predicted molar refractivity (Wildman–Crippen MR) is 86.9 cm³/mol. The van der Waals surface area contributed by atoms with Crippen molar-refractivity contribution in [3.63, 3.8) is 0 Å². The van der Waals surface area contributed by atoms with Crippen LogP contribution >= 0.6 is 11.3 Å². The van der Waals surface area contributed by atoms with Gasteiger partial charge in [-0.1, -0.05) is 0 Å². The highest BCUT2D eigenvalue weighted by atomic mass is 32.1. The molecule has 5 nitrogen and oxygen atoms in total. The van der Waals surface area contributed by atoms with Crippen LogP contribution in [-0.2, 0) is 0 Å². The van der Waals surface area contributed by atoms with Crippen LogP contribution in [0.25, 0.3) is 10.6 Å². The van der Waals surface area contributed by atoms with Gasteiger partial charge in [0.25, 0.3) is 0 Å². The number of nitrogens with one attached hydrogen (secondary N) is 1. The Bertz CT molecular complexity index is 676. The fraction of sp³-hybridized carbons (Fsp3) is 0.412. The van der Waals surface area contributed by atoms with E-state index in [-0.39, 0.29) is 4.88 Å². The minimum Gasteiger partial charge on any atom is -0.544 e. The Hall–Kier alpha value is -1.92. The highest BCUT2D eigenvalue weighted by Gasteiger charge is 2.14. The zero-order chi connectivity index (χ0) is 16.2.